The molecule has 0 bridgehead atoms. The van der Waals surface area contributed by atoms with Crippen LogP contribution in [0.1, 0.15) is 62.1 Å². The fraction of sp³-hybridized carbons (Fsp3) is 0.406. The van der Waals surface area contributed by atoms with E-state index in [2.05, 4.69) is 10.3 Å². The summed E-state index contributed by atoms with van der Waals surface area (Å²) in [5, 5.41) is 12.6. The molecule has 3 aromatic rings. The van der Waals surface area contributed by atoms with Gasteiger partial charge < -0.3 is 19.9 Å². The lowest BCUT2D eigenvalue weighted by Gasteiger charge is -2.33. The van der Waals surface area contributed by atoms with E-state index in [0.717, 1.165) is 16.5 Å². The number of carbonyl (C=O) groups is 2. The molecule has 8 nitrogen and oxygen atoms in total. The molecule has 1 saturated heterocycles. The van der Waals surface area contributed by atoms with Crippen LogP contribution in [-0.4, -0.2) is 44.9 Å². The van der Waals surface area contributed by atoms with E-state index < -0.39 is 46.6 Å². The number of imide groups is 1. The van der Waals surface area contributed by atoms with Gasteiger partial charge in [0.15, 0.2) is 0 Å². The van der Waals surface area contributed by atoms with Gasteiger partial charge in [0.2, 0.25) is 0 Å². The third-order valence-corrected chi connectivity index (χ3v) is 8.08. The van der Waals surface area contributed by atoms with E-state index in [1.54, 1.807) is 26.0 Å². The number of hydrogen-bond acceptors (Lipinski definition) is 6. The van der Waals surface area contributed by atoms with Gasteiger partial charge in [-0.15, -0.1) is 0 Å². The molecular weight excluding hydrogens is 620 g/mol. The van der Waals surface area contributed by atoms with Crippen LogP contribution in [-0.2, 0) is 35.3 Å². The van der Waals surface area contributed by atoms with Crippen molar-refractivity contribution >= 4 is 11.9 Å². The Morgan fingerprint density at radius 2 is 1.70 bits per heavy atom. The number of aromatic nitrogens is 1. The number of rotatable bonds is 8. The van der Waals surface area contributed by atoms with E-state index >= 15 is 0 Å². The highest BCUT2D eigenvalue weighted by Crippen LogP contribution is 2.51. The molecule has 0 spiro atoms. The molecule has 2 aliphatic heterocycles. The Labute approximate surface area is 260 Å². The Kier molecular flexibility index (Phi) is 8.03. The van der Waals surface area contributed by atoms with Gasteiger partial charge in [0, 0.05) is 24.2 Å². The number of fused-ring (bicyclic) bond motifs is 1. The summed E-state index contributed by atoms with van der Waals surface area (Å²) in [6.07, 6.45) is -9.66. The van der Waals surface area contributed by atoms with Gasteiger partial charge >= 0.3 is 18.4 Å². The summed E-state index contributed by atoms with van der Waals surface area (Å²) in [6, 6.07) is 9.56. The molecule has 246 valence electrons. The van der Waals surface area contributed by atoms with Crippen molar-refractivity contribution in [1.29, 1.82) is 0 Å². The number of nitrogens with zero attached hydrogens (tertiary/aromatic N) is 2. The number of amides is 3. The molecule has 2 N–H and O–H groups in total. The number of benzene rings is 2. The molecule has 0 saturated carbocycles. The highest BCUT2D eigenvalue weighted by atomic mass is 19.4. The minimum atomic E-state index is -6.03. The summed E-state index contributed by atoms with van der Waals surface area (Å²) in [6.45, 7) is 6.90. The number of alkyl halides is 6. The first-order valence-electron chi connectivity index (χ1n) is 14.4. The Balaban J connectivity index is 1.37. The molecule has 1 aromatic heterocycles. The highest BCUT2D eigenvalue weighted by molar-refractivity contribution is 6.07. The second-order valence-corrected chi connectivity index (χ2v) is 12.2. The average Bonchev–Trinajstić information content (AvgIpc) is 3.38. The molecule has 3 amide bonds. The largest absolute Gasteiger partial charge is 0.487 e. The summed E-state index contributed by atoms with van der Waals surface area (Å²) in [5.41, 5.74) is -6.51. The summed E-state index contributed by atoms with van der Waals surface area (Å²) in [4.78, 5) is 31.7. The molecule has 1 unspecified atom stereocenters. The topological polar surface area (TPSA) is 101 Å². The van der Waals surface area contributed by atoms with Gasteiger partial charge in [-0.3, -0.25) is 14.7 Å². The van der Waals surface area contributed by atoms with E-state index in [-0.39, 0.29) is 35.7 Å². The van der Waals surface area contributed by atoms with Gasteiger partial charge in [0.25, 0.3) is 11.5 Å². The number of aryl methyl sites for hydroxylation is 1. The smallest absolute Gasteiger partial charge is 0.430 e. The SMILES string of the molecule is CCCc1cc(C(O)(C(F)(F)F)C(F)(F)F)ccc1Oc1ccnc(CN2C(=O)NC(C)(c3ccc4c(c3)OC(C)(C)C4)C2=O)c1. The monoisotopic (exact) mass is 651 g/mol. The molecule has 2 aromatic carbocycles. The maximum Gasteiger partial charge on any atom is 0.430 e. The van der Waals surface area contributed by atoms with Crippen LogP contribution < -0.4 is 14.8 Å². The summed E-state index contributed by atoms with van der Waals surface area (Å²) in [5.74, 6) is 0.155. The molecule has 5 rings (SSSR count). The molecule has 1 atom stereocenters. The van der Waals surface area contributed by atoms with Gasteiger partial charge in [-0.1, -0.05) is 31.5 Å². The number of urea groups is 1. The number of hydrogen-bond donors (Lipinski definition) is 2. The summed E-state index contributed by atoms with van der Waals surface area (Å²) >= 11 is 0. The lowest BCUT2D eigenvalue weighted by molar-refractivity contribution is -0.376. The van der Waals surface area contributed by atoms with Crippen LogP contribution >= 0.6 is 0 Å². The third-order valence-electron chi connectivity index (χ3n) is 8.08. The summed E-state index contributed by atoms with van der Waals surface area (Å²) in [7, 11) is 0. The first kappa shape index (κ1) is 33.0. The lowest BCUT2D eigenvalue weighted by Crippen LogP contribution is -2.53. The van der Waals surface area contributed by atoms with Crippen LogP contribution in [0.2, 0.25) is 0 Å². The second kappa shape index (κ2) is 11.2. The number of carbonyl (C=O) groups excluding carboxylic acids is 2. The van der Waals surface area contributed by atoms with Crippen molar-refractivity contribution in [3.63, 3.8) is 0 Å². The Hall–Kier alpha value is -4.33. The Bertz CT molecular complexity index is 1680. The molecule has 0 aliphatic carbocycles. The van der Waals surface area contributed by atoms with Crippen LogP contribution in [0.25, 0.3) is 0 Å². The maximum atomic E-state index is 13.6. The van der Waals surface area contributed by atoms with Crippen LogP contribution in [0, 0.1) is 0 Å². The van der Waals surface area contributed by atoms with Crippen LogP contribution in [0.4, 0.5) is 31.1 Å². The minimum Gasteiger partial charge on any atom is -0.487 e. The number of pyridine rings is 1. The van der Waals surface area contributed by atoms with Crippen molar-refractivity contribution in [3.8, 4) is 17.2 Å². The number of ether oxygens (including phenoxy) is 2. The van der Waals surface area contributed by atoms with Crippen LogP contribution in [0.3, 0.4) is 0 Å². The predicted molar refractivity (Wildman–Crippen MR) is 152 cm³/mol. The second-order valence-electron chi connectivity index (χ2n) is 12.2. The van der Waals surface area contributed by atoms with Crippen LogP contribution in [0.5, 0.6) is 17.2 Å². The van der Waals surface area contributed by atoms with E-state index in [1.807, 2.05) is 19.9 Å². The third kappa shape index (κ3) is 5.74. The van der Waals surface area contributed by atoms with Gasteiger partial charge in [0.1, 0.15) is 28.4 Å². The summed E-state index contributed by atoms with van der Waals surface area (Å²) < 4.78 is 92.6. The maximum absolute atomic E-state index is 13.6. The Morgan fingerprint density at radius 1 is 1.00 bits per heavy atom. The zero-order valence-electron chi connectivity index (χ0n) is 25.3. The van der Waals surface area contributed by atoms with Crippen molar-refractivity contribution in [2.45, 2.75) is 82.6 Å². The van der Waals surface area contributed by atoms with Gasteiger partial charge in [0.05, 0.1) is 12.2 Å². The van der Waals surface area contributed by atoms with Gasteiger partial charge in [-0.25, -0.2) is 4.79 Å². The predicted octanol–water partition coefficient (Wildman–Crippen LogP) is 6.82. The molecule has 0 radical (unpaired) electrons. The highest BCUT2D eigenvalue weighted by Gasteiger charge is 2.71. The Morgan fingerprint density at radius 3 is 2.35 bits per heavy atom. The normalized spacial score (nSPS) is 19.6. The number of aliphatic hydroxyl groups is 1. The van der Waals surface area contributed by atoms with Crippen LogP contribution in [0.15, 0.2) is 54.7 Å². The van der Waals surface area contributed by atoms with Gasteiger partial charge in [-0.2, -0.15) is 26.3 Å². The molecule has 1 fully saturated rings. The van der Waals surface area contributed by atoms with Crippen molar-refractivity contribution in [1.82, 2.24) is 15.2 Å². The number of halogens is 6. The zero-order chi connectivity index (χ0) is 33.9. The van der Waals surface area contributed by atoms with Crippen molar-refractivity contribution in [3.05, 3.63) is 82.7 Å². The fourth-order valence-corrected chi connectivity index (χ4v) is 5.69. The zero-order valence-corrected chi connectivity index (χ0v) is 25.3. The van der Waals surface area contributed by atoms with E-state index in [0.29, 0.717) is 36.3 Å². The van der Waals surface area contributed by atoms with Crippen molar-refractivity contribution in [2.75, 3.05) is 0 Å². The fourth-order valence-electron chi connectivity index (χ4n) is 5.69. The molecule has 3 heterocycles. The lowest BCUT2D eigenvalue weighted by atomic mass is 9.90. The molecule has 46 heavy (non-hydrogen) atoms. The van der Waals surface area contributed by atoms with E-state index in [4.69, 9.17) is 9.47 Å². The minimum absolute atomic E-state index is 0.00290. The van der Waals surface area contributed by atoms with Gasteiger partial charge in [-0.05, 0) is 68.1 Å². The average molecular weight is 652 g/mol. The number of nitrogens with one attached hydrogen (secondary N) is 1. The first-order chi connectivity index (χ1) is 21.3. The molecular formula is C32H31F6N3O5. The first-order valence-corrected chi connectivity index (χ1v) is 14.4. The van der Waals surface area contributed by atoms with E-state index in [9.17, 15) is 41.0 Å². The van der Waals surface area contributed by atoms with Crippen molar-refractivity contribution < 1.29 is 50.5 Å². The molecule has 14 heteroatoms. The molecule has 2 aliphatic rings. The standard InChI is InChI=1S/C32H31F6N3O5/c1-5-6-18-13-21(30(44,31(33,34)35)32(36,37)38)9-10-24(18)45-23-11-12-39-22(15-23)17-41-26(42)29(4,40-27(41)43)20-8-7-19-16-28(2,3)46-25(19)14-20/h7-15,44H,5-6,16-17H2,1-4H3,(H,40,43). The quantitative estimate of drug-likeness (QED) is 0.205. The van der Waals surface area contributed by atoms with E-state index in [1.165, 1.54) is 18.3 Å². The van der Waals surface area contributed by atoms with Crippen molar-refractivity contribution in [2.24, 2.45) is 0 Å².